The van der Waals surface area contributed by atoms with Crippen LogP contribution in [0.1, 0.15) is 58.1 Å². The number of ether oxygens (including phenoxy) is 1. The predicted molar refractivity (Wildman–Crippen MR) is 135 cm³/mol. The second-order valence-corrected chi connectivity index (χ2v) is 9.95. The van der Waals surface area contributed by atoms with Crippen LogP contribution >= 0.6 is 0 Å². The summed E-state index contributed by atoms with van der Waals surface area (Å²) in [5.41, 5.74) is 3.68. The molecule has 1 aromatic rings. The lowest BCUT2D eigenvalue weighted by Crippen LogP contribution is -2.40. The summed E-state index contributed by atoms with van der Waals surface area (Å²) in [4.78, 5) is 15.4. The Morgan fingerprint density at radius 1 is 1.27 bits per heavy atom. The predicted octanol–water partition coefficient (Wildman–Crippen LogP) is 5.62. The van der Waals surface area contributed by atoms with Crippen LogP contribution < -0.4 is 10.1 Å². The summed E-state index contributed by atoms with van der Waals surface area (Å²) in [5.74, 6) is 0.991. The lowest BCUT2D eigenvalue weighted by atomic mass is 9.89. The van der Waals surface area contributed by atoms with Crippen molar-refractivity contribution in [3.05, 3.63) is 77.9 Å². The number of likely N-dealkylation sites (tertiary alicyclic amines) is 1. The van der Waals surface area contributed by atoms with E-state index in [1.54, 1.807) is 12.1 Å². The molecule has 1 saturated heterocycles. The van der Waals surface area contributed by atoms with Crippen molar-refractivity contribution in [3.63, 3.8) is 0 Å². The standard InChI is InChI=1S/C28H40N2O3/c1-8-10-25(26(9-2)33-24-16-20(3)15-22(17-24)19-31)29-27(32)23-11-13-30(14-12-23)21(4)18-28(5,6)7/h8-10,15-17,23,31H,2,4,11-14,18-19H2,1,3,5-7H3,(H,29,32)/b10-8-,26-25-. The number of allylic oxidation sites excluding steroid dienone is 4. The summed E-state index contributed by atoms with van der Waals surface area (Å²) in [5, 5.41) is 12.5. The number of carbonyl (C=O) groups is 1. The van der Waals surface area contributed by atoms with Gasteiger partial charge in [0.05, 0.1) is 12.3 Å². The number of aryl methyl sites for hydroxylation is 1. The molecule has 1 heterocycles. The molecule has 180 valence electrons. The number of nitrogens with one attached hydrogen (secondary N) is 1. The smallest absolute Gasteiger partial charge is 0.227 e. The summed E-state index contributed by atoms with van der Waals surface area (Å²) in [6.45, 7) is 20.2. The molecule has 2 N–H and O–H groups in total. The normalized spacial score (nSPS) is 15.9. The van der Waals surface area contributed by atoms with Crippen LogP contribution in [-0.2, 0) is 11.4 Å². The van der Waals surface area contributed by atoms with Gasteiger partial charge in [0.2, 0.25) is 5.91 Å². The monoisotopic (exact) mass is 452 g/mol. The quantitative estimate of drug-likeness (QED) is 0.377. The van der Waals surface area contributed by atoms with E-state index in [-0.39, 0.29) is 23.8 Å². The molecule has 0 aliphatic carbocycles. The zero-order valence-electron chi connectivity index (χ0n) is 20.9. The first-order valence-corrected chi connectivity index (χ1v) is 11.7. The number of rotatable bonds is 9. The fourth-order valence-corrected chi connectivity index (χ4v) is 4.08. The van der Waals surface area contributed by atoms with Crippen LogP contribution in [0.15, 0.2) is 66.7 Å². The molecule has 0 saturated carbocycles. The zero-order chi connectivity index (χ0) is 24.6. The number of aliphatic hydroxyl groups is 1. The van der Waals surface area contributed by atoms with E-state index in [2.05, 4.69) is 44.1 Å². The molecular weight excluding hydrogens is 412 g/mol. The number of amides is 1. The highest BCUT2D eigenvalue weighted by molar-refractivity contribution is 5.81. The number of carbonyl (C=O) groups excluding carboxylic acids is 1. The summed E-state index contributed by atoms with van der Waals surface area (Å²) in [6, 6.07) is 5.57. The largest absolute Gasteiger partial charge is 0.455 e. The number of hydrogen-bond donors (Lipinski definition) is 2. The highest BCUT2D eigenvalue weighted by atomic mass is 16.5. The average Bonchev–Trinajstić information content (AvgIpc) is 2.75. The molecule has 5 heteroatoms. The number of benzene rings is 1. The van der Waals surface area contributed by atoms with Crippen molar-refractivity contribution in [1.29, 1.82) is 0 Å². The molecule has 0 aromatic heterocycles. The zero-order valence-corrected chi connectivity index (χ0v) is 20.9. The Labute approximate surface area is 199 Å². The third kappa shape index (κ3) is 8.25. The van der Waals surface area contributed by atoms with Gasteiger partial charge in [-0.3, -0.25) is 4.79 Å². The summed E-state index contributed by atoms with van der Waals surface area (Å²) in [7, 11) is 0. The van der Waals surface area contributed by atoms with Gasteiger partial charge in [-0.15, -0.1) is 0 Å². The van der Waals surface area contributed by atoms with Crippen LogP contribution in [0.4, 0.5) is 0 Å². The first-order chi connectivity index (χ1) is 15.6. The summed E-state index contributed by atoms with van der Waals surface area (Å²) >= 11 is 0. The van der Waals surface area contributed by atoms with Gasteiger partial charge >= 0.3 is 0 Å². The molecule has 1 fully saturated rings. The first kappa shape index (κ1) is 26.5. The van der Waals surface area contributed by atoms with Crippen molar-refractivity contribution in [3.8, 4) is 5.75 Å². The number of piperidine rings is 1. The number of aliphatic hydroxyl groups excluding tert-OH is 1. The molecule has 0 radical (unpaired) electrons. The maximum absolute atomic E-state index is 13.1. The maximum Gasteiger partial charge on any atom is 0.227 e. The van der Waals surface area contributed by atoms with Gasteiger partial charge in [-0.1, -0.05) is 46.1 Å². The molecule has 2 rings (SSSR count). The maximum atomic E-state index is 13.1. The Hall–Kier alpha value is -2.79. The van der Waals surface area contributed by atoms with Crippen LogP contribution in [0, 0.1) is 18.3 Å². The van der Waals surface area contributed by atoms with Gasteiger partial charge in [0.15, 0.2) is 0 Å². The second-order valence-electron chi connectivity index (χ2n) is 9.95. The molecule has 0 bridgehead atoms. The molecule has 1 amide bonds. The lowest BCUT2D eigenvalue weighted by Gasteiger charge is -2.36. The highest BCUT2D eigenvalue weighted by Crippen LogP contribution is 2.28. The van der Waals surface area contributed by atoms with E-state index in [0.29, 0.717) is 17.2 Å². The van der Waals surface area contributed by atoms with Crippen molar-refractivity contribution in [2.45, 2.75) is 60.5 Å². The van der Waals surface area contributed by atoms with Gasteiger partial charge in [-0.05, 0) is 73.9 Å². The van der Waals surface area contributed by atoms with Gasteiger partial charge in [0.25, 0.3) is 0 Å². The van der Waals surface area contributed by atoms with Crippen molar-refractivity contribution >= 4 is 5.91 Å². The summed E-state index contributed by atoms with van der Waals surface area (Å²) in [6.07, 6.45) is 7.81. The van der Waals surface area contributed by atoms with E-state index in [0.717, 1.165) is 49.2 Å². The molecule has 0 unspecified atom stereocenters. The van der Waals surface area contributed by atoms with Gasteiger partial charge in [-0.2, -0.15) is 0 Å². The van der Waals surface area contributed by atoms with E-state index in [1.165, 1.54) is 0 Å². The van der Waals surface area contributed by atoms with Gasteiger partial charge in [-0.25, -0.2) is 0 Å². The summed E-state index contributed by atoms with van der Waals surface area (Å²) < 4.78 is 6.05. The molecule has 0 spiro atoms. The van der Waals surface area contributed by atoms with Crippen LogP contribution in [0.2, 0.25) is 0 Å². The minimum atomic E-state index is -0.0650. The molecule has 1 aliphatic rings. The van der Waals surface area contributed by atoms with Crippen molar-refractivity contribution in [1.82, 2.24) is 10.2 Å². The van der Waals surface area contributed by atoms with E-state index < -0.39 is 0 Å². The van der Waals surface area contributed by atoms with Gasteiger partial charge < -0.3 is 20.1 Å². The Morgan fingerprint density at radius 3 is 2.48 bits per heavy atom. The fraction of sp³-hybridized carbons (Fsp3) is 0.464. The SMILES string of the molecule is C=C/C(Oc1cc(C)cc(CO)c1)=C(\C=C/C)NC(=O)C1CCN(C(=C)CC(C)(C)C)CC1. The minimum Gasteiger partial charge on any atom is -0.455 e. The van der Waals surface area contributed by atoms with Crippen molar-refractivity contribution in [2.75, 3.05) is 13.1 Å². The second kappa shape index (κ2) is 11.9. The van der Waals surface area contributed by atoms with Crippen LogP contribution in [0.3, 0.4) is 0 Å². The molecule has 5 nitrogen and oxygen atoms in total. The Kier molecular flexibility index (Phi) is 9.54. The van der Waals surface area contributed by atoms with E-state index in [9.17, 15) is 9.90 Å². The average molecular weight is 453 g/mol. The number of hydrogen-bond acceptors (Lipinski definition) is 4. The number of nitrogens with zero attached hydrogens (tertiary/aromatic N) is 1. The molecular formula is C28H40N2O3. The Morgan fingerprint density at radius 2 is 1.94 bits per heavy atom. The molecule has 0 atom stereocenters. The molecule has 33 heavy (non-hydrogen) atoms. The van der Waals surface area contributed by atoms with Gasteiger partial charge in [0, 0.05) is 24.7 Å². The molecule has 1 aromatic carbocycles. The Bertz CT molecular complexity index is 914. The minimum absolute atomic E-state index is 0.00702. The van der Waals surface area contributed by atoms with Gasteiger partial charge in [0.1, 0.15) is 11.5 Å². The van der Waals surface area contributed by atoms with E-state index in [1.807, 2.05) is 38.1 Å². The van der Waals surface area contributed by atoms with Crippen molar-refractivity contribution < 1.29 is 14.6 Å². The Balaban J connectivity index is 2.09. The third-order valence-corrected chi connectivity index (χ3v) is 5.61. The third-order valence-electron chi connectivity index (χ3n) is 5.61. The fourth-order valence-electron chi connectivity index (χ4n) is 4.08. The first-order valence-electron chi connectivity index (χ1n) is 11.7. The lowest BCUT2D eigenvalue weighted by molar-refractivity contribution is -0.125. The van der Waals surface area contributed by atoms with Crippen molar-refractivity contribution in [2.24, 2.45) is 11.3 Å². The van der Waals surface area contributed by atoms with Crippen LogP contribution in [-0.4, -0.2) is 29.0 Å². The molecule has 1 aliphatic heterocycles. The highest BCUT2D eigenvalue weighted by Gasteiger charge is 2.27. The van der Waals surface area contributed by atoms with E-state index >= 15 is 0 Å². The van der Waals surface area contributed by atoms with E-state index in [4.69, 9.17) is 4.74 Å². The van der Waals surface area contributed by atoms with Crippen LogP contribution in [0.5, 0.6) is 5.75 Å². The van der Waals surface area contributed by atoms with Crippen LogP contribution in [0.25, 0.3) is 0 Å². The topological polar surface area (TPSA) is 61.8 Å².